The molecule has 0 fully saturated rings. The molecule has 0 bridgehead atoms. The maximum atomic E-state index is 2.64. The maximum absolute atomic E-state index is 2.64. The van der Waals surface area contributed by atoms with Gasteiger partial charge in [-0.2, -0.15) is 0 Å². The fraction of sp³-hybridized carbons (Fsp3) is 0.0270. The van der Waals surface area contributed by atoms with Crippen LogP contribution in [0.5, 0.6) is 0 Å². The average molecular weight is 491 g/mol. The van der Waals surface area contributed by atoms with Gasteiger partial charge in [0, 0.05) is 33.3 Å². The molecule has 6 aromatic carbocycles. The lowest BCUT2D eigenvalue weighted by Gasteiger charge is -2.25. The van der Waals surface area contributed by atoms with E-state index in [0.29, 0.717) is 0 Å². The van der Waals surface area contributed by atoms with Gasteiger partial charge < -0.3 is 4.48 Å². The first-order chi connectivity index (χ1) is 19.4. The summed E-state index contributed by atoms with van der Waals surface area (Å²) in [6.45, 7) is 0.178. The topological polar surface area (TPSA) is 4.93 Å². The predicted octanol–water partition coefficient (Wildman–Crippen LogP) is 7.57. The maximum Gasteiger partial charge on any atom is 0.330 e. The normalized spacial score (nSPS) is 15.4. The lowest BCUT2D eigenvalue weighted by Crippen LogP contribution is -2.47. The molecule has 3 heterocycles. The fourth-order valence-electron chi connectivity index (χ4n) is 8.11. The highest BCUT2D eigenvalue weighted by Crippen LogP contribution is 2.53. The van der Waals surface area contributed by atoms with Gasteiger partial charge in [-0.25, -0.2) is 0 Å². The Morgan fingerprint density at radius 3 is 2.15 bits per heavy atom. The Bertz CT molecular complexity index is 2190. The van der Waals surface area contributed by atoms with Gasteiger partial charge >= 0.3 is 6.85 Å². The first kappa shape index (κ1) is 20.2. The summed E-state index contributed by atoms with van der Waals surface area (Å²) in [6.07, 6.45) is 0. The highest BCUT2D eigenvalue weighted by Gasteiger charge is 2.44. The number of rotatable bonds is 1. The largest absolute Gasteiger partial charge is 0.375 e. The summed E-state index contributed by atoms with van der Waals surface area (Å²) < 4.78 is 2.64. The van der Waals surface area contributed by atoms with Crippen molar-refractivity contribution in [1.82, 2.24) is 4.48 Å². The number of nitrogens with zero attached hydrogens (tertiary/aromatic N) is 1. The van der Waals surface area contributed by atoms with E-state index in [1.165, 1.54) is 82.8 Å². The van der Waals surface area contributed by atoms with Crippen LogP contribution in [0, 0.1) is 0 Å². The molecule has 2 aliphatic heterocycles. The second-order valence-corrected chi connectivity index (χ2v) is 11.2. The van der Waals surface area contributed by atoms with Crippen LogP contribution in [0.4, 0.5) is 0 Å². The Labute approximate surface area is 227 Å². The molecular formula is C37H22BN. The van der Waals surface area contributed by atoms with Gasteiger partial charge in [-0.1, -0.05) is 121 Å². The van der Waals surface area contributed by atoms with Crippen LogP contribution in [0.2, 0.25) is 0 Å². The minimum absolute atomic E-state index is 0.178. The monoisotopic (exact) mass is 491 g/mol. The average Bonchev–Trinajstić information content (AvgIpc) is 3.63. The second-order valence-electron chi connectivity index (χ2n) is 11.2. The van der Waals surface area contributed by atoms with E-state index in [2.05, 4.69) is 132 Å². The van der Waals surface area contributed by atoms with Crippen molar-refractivity contribution in [2.75, 3.05) is 0 Å². The lowest BCUT2D eigenvalue weighted by molar-refractivity contribution is 1.02. The van der Waals surface area contributed by atoms with Crippen LogP contribution in [-0.2, 0) is 0 Å². The van der Waals surface area contributed by atoms with Crippen LogP contribution >= 0.6 is 0 Å². The van der Waals surface area contributed by atoms with Gasteiger partial charge in [0.2, 0.25) is 0 Å². The zero-order valence-corrected chi connectivity index (χ0v) is 21.2. The third kappa shape index (κ3) is 2.31. The highest BCUT2D eigenvalue weighted by molar-refractivity contribution is 6.91. The molecule has 3 aliphatic rings. The molecule has 7 aromatic rings. The zero-order valence-electron chi connectivity index (χ0n) is 21.2. The van der Waals surface area contributed by atoms with Crippen LogP contribution in [0.15, 0.2) is 127 Å². The molecule has 0 spiro atoms. The summed E-state index contributed by atoms with van der Waals surface area (Å²) in [5.74, 6) is 0.259. The number of hydrogen-bond acceptors (Lipinski definition) is 0. The summed E-state index contributed by atoms with van der Waals surface area (Å²) >= 11 is 0. The van der Waals surface area contributed by atoms with E-state index in [0.717, 1.165) is 0 Å². The Kier molecular flexibility index (Phi) is 3.61. The molecule has 0 saturated heterocycles. The Morgan fingerprint density at radius 2 is 1.21 bits per heavy atom. The summed E-state index contributed by atoms with van der Waals surface area (Å²) in [6, 6.07) is 47.7. The molecule has 10 rings (SSSR count). The minimum atomic E-state index is 0.178. The SMILES string of the molecule is c1ccc(C2c3ccccc3-c3c2ccc2c3-c3cccc4c3B2n2c3ccccc3c3cccc-4c32)cc1. The van der Waals surface area contributed by atoms with E-state index in [-0.39, 0.29) is 12.8 Å². The van der Waals surface area contributed by atoms with E-state index in [9.17, 15) is 0 Å². The number of hydrogen-bond donors (Lipinski definition) is 0. The van der Waals surface area contributed by atoms with Gasteiger partial charge in [0.05, 0.1) is 0 Å². The molecule has 1 aliphatic carbocycles. The van der Waals surface area contributed by atoms with Crippen LogP contribution in [0.3, 0.4) is 0 Å². The van der Waals surface area contributed by atoms with Crippen molar-refractivity contribution in [3.8, 4) is 33.4 Å². The van der Waals surface area contributed by atoms with Gasteiger partial charge in [-0.3, -0.25) is 0 Å². The van der Waals surface area contributed by atoms with E-state index < -0.39 is 0 Å². The Hall–Kier alpha value is -4.82. The van der Waals surface area contributed by atoms with E-state index in [1.54, 1.807) is 0 Å². The van der Waals surface area contributed by atoms with Gasteiger partial charge in [0.1, 0.15) is 0 Å². The zero-order chi connectivity index (χ0) is 25.2. The molecular weight excluding hydrogens is 469 g/mol. The molecule has 178 valence electrons. The summed E-state index contributed by atoms with van der Waals surface area (Å²) in [5, 5.41) is 2.69. The first-order valence-electron chi connectivity index (χ1n) is 13.9. The van der Waals surface area contributed by atoms with Crippen LogP contribution in [-0.4, -0.2) is 11.3 Å². The van der Waals surface area contributed by atoms with Crippen molar-refractivity contribution in [2.45, 2.75) is 5.92 Å². The number of para-hydroxylation sites is 2. The number of fused-ring (bicyclic) bond motifs is 12. The van der Waals surface area contributed by atoms with Crippen molar-refractivity contribution < 1.29 is 0 Å². The number of benzene rings is 6. The van der Waals surface area contributed by atoms with Crippen LogP contribution < -0.4 is 10.9 Å². The molecule has 1 aromatic heterocycles. The van der Waals surface area contributed by atoms with Crippen LogP contribution in [0.1, 0.15) is 22.6 Å². The second kappa shape index (κ2) is 6.98. The van der Waals surface area contributed by atoms with Crippen LogP contribution in [0.25, 0.3) is 55.2 Å². The summed E-state index contributed by atoms with van der Waals surface area (Å²) in [4.78, 5) is 0. The van der Waals surface area contributed by atoms with Crippen molar-refractivity contribution in [2.24, 2.45) is 0 Å². The minimum Gasteiger partial charge on any atom is -0.375 e. The molecule has 1 unspecified atom stereocenters. The third-order valence-corrected chi connectivity index (χ3v) is 9.48. The van der Waals surface area contributed by atoms with E-state index in [4.69, 9.17) is 0 Å². The van der Waals surface area contributed by atoms with Crippen molar-refractivity contribution in [3.63, 3.8) is 0 Å². The molecule has 2 heteroatoms. The summed E-state index contributed by atoms with van der Waals surface area (Å²) in [7, 11) is 0. The van der Waals surface area contributed by atoms with Crippen molar-refractivity contribution in [1.29, 1.82) is 0 Å². The Balaban J connectivity index is 1.36. The van der Waals surface area contributed by atoms with Crippen molar-refractivity contribution >= 4 is 39.6 Å². The molecule has 0 radical (unpaired) electrons. The molecule has 1 atom stereocenters. The molecule has 0 amide bonds. The number of aromatic nitrogens is 1. The first-order valence-corrected chi connectivity index (χ1v) is 13.9. The lowest BCUT2D eigenvalue weighted by atomic mass is 9.50. The van der Waals surface area contributed by atoms with E-state index >= 15 is 0 Å². The third-order valence-electron chi connectivity index (χ3n) is 9.48. The van der Waals surface area contributed by atoms with Crippen molar-refractivity contribution in [3.05, 3.63) is 144 Å². The van der Waals surface area contributed by atoms with E-state index in [1.807, 2.05) is 0 Å². The van der Waals surface area contributed by atoms with Gasteiger partial charge in [-0.15, -0.1) is 0 Å². The molecule has 0 saturated carbocycles. The van der Waals surface area contributed by atoms with Gasteiger partial charge in [-0.05, 0) is 61.5 Å². The predicted molar refractivity (Wildman–Crippen MR) is 164 cm³/mol. The molecule has 0 N–H and O–H groups in total. The summed E-state index contributed by atoms with van der Waals surface area (Å²) in [5.41, 5.74) is 18.2. The quantitative estimate of drug-likeness (QED) is 0.209. The highest BCUT2D eigenvalue weighted by atomic mass is 14.9. The fourth-order valence-corrected chi connectivity index (χ4v) is 8.11. The molecule has 1 nitrogen and oxygen atoms in total. The van der Waals surface area contributed by atoms with Gasteiger partial charge in [0.25, 0.3) is 0 Å². The Morgan fingerprint density at radius 1 is 0.487 bits per heavy atom. The van der Waals surface area contributed by atoms with Gasteiger partial charge in [0.15, 0.2) is 0 Å². The smallest absolute Gasteiger partial charge is 0.330 e. The standard InChI is InChI=1S/C37H22BN/c1-2-10-22(11-3-1)33-24-13-4-5-14-25(24)34-29(33)20-21-31-35(34)30-18-8-15-26-28-17-9-16-27-23-12-6-7-19-32(23)39(37(27)28)38(31)36(26)30/h1-21,33H. The molecule has 39 heavy (non-hydrogen) atoms.